The number of terminal acetylenes is 1. The van der Waals surface area contributed by atoms with Gasteiger partial charge >= 0.3 is 0 Å². The van der Waals surface area contributed by atoms with E-state index in [2.05, 4.69) is 21.0 Å². The fraction of sp³-hybridized carbons (Fsp3) is 0.294. The van der Waals surface area contributed by atoms with Crippen LogP contribution in [0.4, 0.5) is 10.2 Å². The molecule has 0 amide bonds. The SMILES string of the molecule is C#Cc1ccc(N2CCCCC2Oc2ccc(F)cc2)nn1. The molecule has 22 heavy (non-hydrogen) atoms. The maximum atomic E-state index is 13.0. The number of halogens is 1. The van der Waals surface area contributed by atoms with Gasteiger partial charge in [0.1, 0.15) is 17.3 Å². The second-order valence-electron chi connectivity index (χ2n) is 5.14. The Hall–Kier alpha value is -2.61. The van der Waals surface area contributed by atoms with Gasteiger partial charge in [-0.15, -0.1) is 16.6 Å². The number of rotatable bonds is 3. The Morgan fingerprint density at radius 2 is 1.95 bits per heavy atom. The van der Waals surface area contributed by atoms with Crippen LogP contribution >= 0.6 is 0 Å². The molecule has 1 fully saturated rings. The van der Waals surface area contributed by atoms with Gasteiger partial charge in [-0.2, -0.15) is 0 Å². The third kappa shape index (κ3) is 3.17. The molecule has 1 aliphatic heterocycles. The van der Waals surface area contributed by atoms with E-state index >= 15 is 0 Å². The van der Waals surface area contributed by atoms with E-state index in [1.54, 1.807) is 18.2 Å². The molecular weight excluding hydrogens is 281 g/mol. The molecule has 0 bridgehead atoms. The average molecular weight is 297 g/mol. The molecular formula is C17H16FN3O. The second-order valence-corrected chi connectivity index (χ2v) is 5.14. The van der Waals surface area contributed by atoms with E-state index in [4.69, 9.17) is 11.2 Å². The first kappa shape index (κ1) is 14.3. The molecule has 1 saturated heterocycles. The smallest absolute Gasteiger partial charge is 0.173 e. The molecule has 112 valence electrons. The summed E-state index contributed by atoms with van der Waals surface area (Å²) in [6.45, 7) is 0.843. The Labute approximate surface area is 128 Å². The van der Waals surface area contributed by atoms with Gasteiger partial charge in [-0.25, -0.2) is 4.39 Å². The van der Waals surface area contributed by atoms with Gasteiger partial charge in [0, 0.05) is 13.0 Å². The number of hydrogen-bond acceptors (Lipinski definition) is 4. The molecule has 0 saturated carbocycles. The molecule has 3 rings (SSSR count). The van der Waals surface area contributed by atoms with Gasteiger partial charge in [-0.3, -0.25) is 0 Å². The van der Waals surface area contributed by atoms with Crippen molar-refractivity contribution in [2.75, 3.05) is 11.4 Å². The van der Waals surface area contributed by atoms with Gasteiger partial charge < -0.3 is 9.64 Å². The molecule has 0 aliphatic carbocycles. The normalized spacial score (nSPS) is 17.8. The number of anilines is 1. The van der Waals surface area contributed by atoms with E-state index < -0.39 is 0 Å². The summed E-state index contributed by atoms with van der Waals surface area (Å²) < 4.78 is 19.0. The Balaban J connectivity index is 1.78. The number of nitrogens with zero attached hydrogens (tertiary/aromatic N) is 3. The van der Waals surface area contributed by atoms with Gasteiger partial charge in [-0.1, -0.05) is 0 Å². The summed E-state index contributed by atoms with van der Waals surface area (Å²) in [5.41, 5.74) is 0.511. The Kier molecular flexibility index (Phi) is 4.19. The lowest BCUT2D eigenvalue weighted by molar-refractivity contribution is 0.163. The second kappa shape index (κ2) is 6.44. The lowest BCUT2D eigenvalue weighted by Gasteiger charge is -2.36. The van der Waals surface area contributed by atoms with E-state index in [0.717, 1.165) is 31.6 Å². The molecule has 1 aromatic heterocycles. The van der Waals surface area contributed by atoms with Gasteiger partial charge in [0.25, 0.3) is 0 Å². The number of hydrogen-bond donors (Lipinski definition) is 0. The number of benzene rings is 1. The largest absolute Gasteiger partial charge is 0.470 e. The predicted molar refractivity (Wildman–Crippen MR) is 82.0 cm³/mol. The molecule has 0 radical (unpaired) electrons. The van der Waals surface area contributed by atoms with Crippen molar-refractivity contribution in [1.82, 2.24) is 10.2 Å². The van der Waals surface area contributed by atoms with Gasteiger partial charge in [0.05, 0.1) is 0 Å². The maximum Gasteiger partial charge on any atom is 0.173 e. The zero-order valence-corrected chi connectivity index (χ0v) is 12.1. The van der Waals surface area contributed by atoms with Crippen LogP contribution in [0.1, 0.15) is 25.0 Å². The van der Waals surface area contributed by atoms with Crippen LogP contribution in [0.3, 0.4) is 0 Å². The first-order chi connectivity index (χ1) is 10.8. The van der Waals surface area contributed by atoms with Gasteiger partial charge in [-0.05, 0) is 55.2 Å². The standard InChI is InChI=1S/C17H16FN3O/c1-2-14-8-11-16(20-19-14)21-12-4-3-5-17(21)22-15-9-6-13(18)7-10-15/h1,6-11,17H,3-5,12H2. The Bertz CT molecular complexity index is 664. The van der Waals surface area contributed by atoms with Crippen molar-refractivity contribution in [1.29, 1.82) is 0 Å². The van der Waals surface area contributed by atoms with Crippen LogP contribution in [0.5, 0.6) is 5.75 Å². The Morgan fingerprint density at radius 1 is 1.14 bits per heavy atom. The lowest BCUT2D eigenvalue weighted by Crippen LogP contribution is -2.44. The highest BCUT2D eigenvalue weighted by Crippen LogP contribution is 2.25. The fourth-order valence-electron chi connectivity index (χ4n) is 2.51. The molecule has 4 nitrogen and oxygen atoms in total. The van der Waals surface area contributed by atoms with E-state index in [1.165, 1.54) is 12.1 Å². The van der Waals surface area contributed by atoms with Gasteiger partial charge in [0.2, 0.25) is 0 Å². The first-order valence-corrected chi connectivity index (χ1v) is 7.25. The van der Waals surface area contributed by atoms with Crippen molar-refractivity contribution >= 4 is 5.82 Å². The highest BCUT2D eigenvalue weighted by Gasteiger charge is 2.25. The fourth-order valence-corrected chi connectivity index (χ4v) is 2.51. The third-order valence-corrected chi connectivity index (χ3v) is 3.63. The summed E-state index contributed by atoms with van der Waals surface area (Å²) in [4.78, 5) is 2.07. The van der Waals surface area contributed by atoms with Crippen molar-refractivity contribution in [2.45, 2.75) is 25.5 Å². The summed E-state index contributed by atoms with van der Waals surface area (Å²) in [6, 6.07) is 9.68. The highest BCUT2D eigenvalue weighted by molar-refractivity contribution is 5.41. The van der Waals surface area contributed by atoms with E-state index in [1.807, 2.05) is 6.07 Å². The first-order valence-electron chi connectivity index (χ1n) is 7.25. The summed E-state index contributed by atoms with van der Waals surface area (Å²) >= 11 is 0. The zero-order chi connectivity index (χ0) is 15.4. The number of ether oxygens (including phenoxy) is 1. The van der Waals surface area contributed by atoms with Crippen LogP contribution in [0.15, 0.2) is 36.4 Å². The molecule has 5 heteroatoms. The molecule has 2 heterocycles. The minimum atomic E-state index is -0.274. The molecule has 0 spiro atoms. The molecule has 1 atom stereocenters. The summed E-state index contributed by atoms with van der Waals surface area (Å²) in [5, 5.41) is 8.17. The van der Waals surface area contributed by atoms with Crippen LogP contribution in [-0.2, 0) is 0 Å². The summed E-state index contributed by atoms with van der Waals surface area (Å²) in [6.07, 6.45) is 8.20. The van der Waals surface area contributed by atoms with E-state index in [0.29, 0.717) is 11.4 Å². The lowest BCUT2D eigenvalue weighted by atomic mass is 10.1. The van der Waals surface area contributed by atoms with Crippen molar-refractivity contribution in [2.24, 2.45) is 0 Å². The van der Waals surface area contributed by atoms with Gasteiger partial charge in [0.15, 0.2) is 12.0 Å². The highest BCUT2D eigenvalue weighted by atomic mass is 19.1. The predicted octanol–water partition coefficient (Wildman–Crippen LogP) is 2.99. The average Bonchev–Trinajstić information content (AvgIpc) is 2.58. The van der Waals surface area contributed by atoms with Crippen LogP contribution in [-0.4, -0.2) is 23.0 Å². The van der Waals surface area contributed by atoms with Crippen LogP contribution in [0.2, 0.25) is 0 Å². The van der Waals surface area contributed by atoms with Crippen LogP contribution in [0, 0.1) is 18.2 Å². The van der Waals surface area contributed by atoms with E-state index in [9.17, 15) is 4.39 Å². The monoisotopic (exact) mass is 297 g/mol. The number of piperidine rings is 1. The minimum absolute atomic E-state index is 0.134. The quantitative estimate of drug-likeness (QED) is 0.816. The van der Waals surface area contributed by atoms with Crippen molar-refractivity contribution in [3.63, 3.8) is 0 Å². The van der Waals surface area contributed by atoms with Crippen LogP contribution < -0.4 is 9.64 Å². The molecule has 0 N–H and O–H groups in total. The number of aromatic nitrogens is 2. The molecule has 2 aromatic rings. The molecule has 1 aliphatic rings. The van der Waals surface area contributed by atoms with Crippen molar-refractivity contribution < 1.29 is 9.13 Å². The Morgan fingerprint density at radius 3 is 2.64 bits per heavy atom. The van der Waals surface area contributed by atoms with Crippen molar-refractivity contribution in [3.8, 4) is 18.1 Å². The molecule has 1 aromatic carbocycles. The maximum absolute atomic E-state index is 13.0. The van der Waals surface area contributed by atoms with Crippen molar-refractivity contribution in [3.05, 3.63) is 47.9 Å². The summed E-state index contributed by atoms with van der Waals surface area (Å²) in [5.74, 6) is 3.57. The van der Waals surface area contributed by atoms with Crippen LogP contribution in [0.25, 0.3) is 0 Å². The zero-order valence-electron chi connectivity index (χ0n) is 12.1. The minimum Gasteiger partial charge on any atom is -0.470 e. The third-order valence-electron chi connectivity index (χ3n) is 3.63. The summed E-state index contributed by atoms with van der Waals surface area (Å²) in [7, 11) is 0. The topological polar surface area (TPSA) is 38.2 Å². The molecule has 1 unspecified atom stereocenters. The van der Waals surface area contributed by atoms with E-state index in [-0.39, 0.29) is 12.0 Å².